The molecule has 6 unspecified atom stereocenters. The Bertz CT molecular complexity index is 313. The lowest BCUT2D eigenvalue weighted by Crippen LogP contribution is -2.61. The molecule has 17 heavy (non-hydrogen) atoms. The molecule has 7 heteroatoms. The van der Waals surface area contributed by atoms with Gasteiger partial charge in [0.2, 0.25) is 0 Å². The molecule has 6 nitrogen and oxygen atoms in total. The van der Waals surface area contributed by atoms with E-state index in [1.54, 1.807) is 0 Å². The third-order valence-electron chi connectivity index (χ3n) is 2.93. The van der Waals surface area contributed by atoms with E-state index in [2.05, 4.69) is 10.3 Å². The van der Waals surface area contributed by atoms with Gasteiger partial charge in [-0.2, -0.15) is 0 Å². The zero-order valence-corrected chi connectivity index (χ0v) is 10.6. The molecule has 0 saturated carbocycles. The van der Waals surface area contributed by atoms with Gasteiger partial charge in [0.1, 0.15) is 23.7 Å². The standard InChI is InChI=1S/C10H18N2O4S/c1-3-11-10-12-5-6(14)7(15)8(4(2)13)16-9(5)17-10/h4-9,13-15H,3H2,1-2H3,(H,11,12). The minimum absolute atomic E-state index is 0.321. The molecule has 0 aromatic carbocycles. The first-order chi connectivity index (χ1) is 8.04. The second-order valence-electron chi connectivity index (χ2n) is 4.26. The van der Waals surface area contributed by atoms with Crippen LogP contribution in [0.2, 0.25) is 0 Å². The van der Waals surface area contributed by atoms with E-state index in [0.717, 1.165) is 0 Å². The maximum absolute atomic E-state index is 9.98. The first-order valence-corrected chi connectivity index (χ1v) is 6.60. The molecule has 98 valence electrons. The quantitative estimate of drug-likeness (QED) is 0.504. The van der Waals surface area contributed by atoms with Gasteiger partial charge < -0.3 is 25.4 Å². The summed E-state index contributed by atoms with van der Waals surface area (Å²) in [6.07, 6.45) is -3.65. The number of hydrogen-bond donors (Lipinski definition) is 4. The van der Waals surface area contributed by atoms with Crippen molar-refractivity contribution in [2.45, 2.75) is 49.7 Å². The lowest BCUT2D eigenvalue weighted by atomic mass is 9.95. The van der Waals surface area contributed by atoms with Crippen molar-refractivity contribution < 1.29 is 20.1 Å². The monoisotopic (exact) mass is 262 g/mol. The van der Waals surface area contributed by atoms with Crippen molar-refractivity contribution in [3.63, 3.8) is 0 Å². The Labute approximate surface area is 104 Å². The predicted molar refractivity (Wildman–Crippen MR) is 64.8 cm³/mol. The molecule has 0 bridgehead atoms. The SMILES string of the molecule is CCN=C1NC2C(OC(C(C)O)C(O)C2O)S1. The van der Waals surface area contributed by atoms with E-state index < -0.39 is 24.4 Å². The largest absolute Gasteiger partial charge is 0.391 e. The van der Waals surface area contributed by atoms with Crippen molar-refractivity contribution in [2.75, 3.05) is 6.54 Å². The summed E-state index contributed by atoms with van der Waals surface area (Å²) in [7, 11) is 0. The van der Waals surface area contributed by atoms with Crippen LogP contribution in [0.25, 0.3) is 0 Å². The molecule has 0 aromatic rings. The van der Waals surface area contributed by atoms with Gasteiger partial charge in [0, 0.05) is 6.54 Å². The van der Waals surface area contributed by atoms with Crippen LogP contribution in [0.3, 0.4) is 0 Å². The van der Waals surface area contributed by atoms with Crippen LogP contribution >= 0.6 is 11.8 Å². The lowest BCUT2D eigenvalue weighted by molar-refractivity contribution is -0.184. The maximum Gasteiger partial charge on any atom is 0.159 e. The number of hydrogen-bond acceptors (Lipinski definition) is 6. The fourth-order valence-electron chi connectivity index (χ4n) is 2.05. The van der Waals surface area contributed by atoms with Gasteiger partial charge in [0.05, 0.1) is 12.1 Å². The van der Waals surface area contributed by atoms with Crippen LogP contribution in [0.4, 0.5) is 0 Å². The van der Waals surface area contributed by atoms with Crippen LogP contribution in [0.15, 0.2) is 4.99 Å². The van der Waals surface area contributed by atoms with Crippen LogP contribution in [0, 0.1) is 0 Å². The first kappa shape index (κ1) is 13.1. The van der Waals surface area contributed by atoms with Gasteiger partial charge in [0.15, 0.2) is 5.17 Å². The van der Waals surface area contributed by atoms with Crippen LogP contribution in [-0.4, -0.2) is 62.9 Å². The second-order valence-corrected chi connectivity index (χ2v) is 5.35. The Balaban J connectivity index is 2.12. The summed E-state index contributed by atoms with van der Waals surface area (Å²) in [6.45, 7) is 4.10. The molecule has 0 amide bonds. The number of amidine groups is 1. The number of ether oxygens (including phenoxy) is 1. The summed E-state index contributed by atoms with van der Waals surface area (Å²) in [5.41, 5.74) is -0.321. The Morgan fingerprint density at radius 1 is 1.47 bits per heavy atom. The molecular weight excluding hydrogens is 244 g/mol. The average Bonchev–Trinajstić information content (AvgIpc) is 2.66. The van der Waals surface area contributed by atoms with E-state index in [0.29, 0.717) is 11.7 Å². The van der Waals surface area contributed by atoms with E-state index in [4.69, 9.17) is 4.74 Å². The van der Waals surface area contributed by atoms with Gasteiger partial charge in [-0.3, -0.25) is 4.99 Å². The van der Waals surface area contributed by atoms with Crippen molar-refractivity contribution >= 4 is 16.9 Å². The molecule has 2 aliphatic heterocycles. The number of aliphatic hydroxyl groups is 3. The third-order valence-corrected chi connectivity index (χ3v) is 4.04. The third kappa shape index (κ3) is 2.43. The summed E-state index contributed by atoms with van der Waals surface area (Å²) in [4.78, 5) is 4.21. The summed E-state index contributed by atoms with van der Waals surface area (Å²) < 4.78 is 5.59. The fourth-order valence-corrected chi connectivity index (χ4v) is 3.24. The van der Waals surface area contributed by atoms with E-state index in [1.165, 1.54) is 18.7 Å². The average molecular weight is 262 g/mol. The molecule has 6 atom stereocenters. The number of rotatable bonds is 2. The summed E-state index contributed by atoms with van der Waals surface area (Å²) in [5, 5.41) is 33.1. The number of nitrogens with one attached hydrogen (secondary N) is 1. The van der Waals surface area contributed by atoms with Crippen molar-refractivity contribution in [1.29, 1.82) is 0 Å². The van der Waals surface area contributed by atoms with Gasteiger partial charge >= 0.3 is 0 Å². The van der Waals surface area contributed by atoms with Gasteiger partial charge in [-0.15, -0.1) is 0 Å². The maximum atomic E-state index is 9.98. The Morgan fingerprint density at radius 3 is 2.76 bits per heavy atom. The minimum Gasteiger partial charge on any atom is -0.391 e. The van der Waals surface area contributed by atoms with E-state index in [1.807, 2.05) is 6.92 Å². The zero-order chi connectivity index (χ0) is 12.6. The van der Waals surface area contributed by atoms with Crippen molar-refractivity contribution in [2.24, 2.45) is 4.99 Å². The minimum atomic E-state index is -1.09. The molecule has 2 rings (SSSR count). The predicted octanol–water partition coefficient (Wildman–Crippen LogP) is -1.11. The first-order valence-electron chi connectivity index (χ1n) is 5.72. The van der Waals surface area contributed by atoms with E-state index >= 15 is 0 Å². The molecular formula is C10H18N2O4S. The van der Waals surface area contributed by atoms with Gasteiger partial charge in [-0.05, 0) is 13.8 Å². The summed E-state index contributed by atoms with van der Waals surface area (Å²) in [5.74, 6) is 0. The highest BCUT2D eigenvalue weighted by Crippen LogP contribution is 2.34. The lowest BCUT2D eigenvalue weighted by Gasteiger charge is -2.40. The number of fused-ring (bicyclic) bond motifs is 1. The molecule has 4 N–H and O–H groups in total. The molecule has 2 fully saturated rings. The Kier molecular flexibility index (Phi) is 3.94. The van der Waals surface area contributed by atoms with E-state index in [-0.39, 0.29) is 11.5 Å². The normalized spacial score (nSPS) is 45.5. The summed E-state index contributed by atoms with van der Waals surface area (Å²) >= 11 is 1.38. The van der Waals surface area contributed by atoms with Crippen molar-refractivity contribution in [3.05, 3.63) is 0 Å². The Hall–Kier alpha value is -0.340. The number of aliphatic imine (C=N–C) groups is 1. The number of nitrogens with zero attached hydrogens (tertiary/aromatic N) is 1. The second kappa shape index (κ2) is 5.11. The Morgan fingerprint density at radius 2 is 2.18 bits per heavy atom. The molecule has 2 heterocycles. The highest BCUT2D eigenvalue weighted by atomic mass is 32.2. The highest BCUT2D eigenvalue weighted by molar-refractivity contribution is 8.14. The topological polar surface area (TPSA) is 94.3 Å². The molecule has 2 aliphatic rings. The molecule has 0 spiro atoms. The van der Waals surface area contributed by atoms with E-state index in [9.17, 15) is 15.3 Å². The van der Waals surface area contributed by atoms with Gasteiger partial charge in [-0.25, -0.2) is 0 Å². The smallest absolute Gasteiger partial charge is 0.159 e. The van der Waals surface area contributed by atoms with Gasteiger partial charge in [0.25, 0.3) is 0 Å². The van der Waals surface area contributed by atoms with Gasteiger partial charge in [-0.1, -0.05) is 11.8 Å². The summed E-state index contributed by atoms with van der Waals surface area (Å²) in [6, 6.07) is -0.379. The van der Waals surface area contributed by atoms with Crippen LogP contribution in [0.1, 0.15) is 13.8 Å². The van der Waals surface area contributed by atoms with Crippen LogP contribution < -0.4 is 5.32 Å². The zero-order valence-electron chi connectivity index (χ0n) is 9.78. The van der Waals surface area contributed by atoms with Crippen LogP contribution in [-0.2, 0) is 4.74 Å². The van der Waals surface area contributed by atoms with Crippen molar-refractivity contribution in [3.8, 4) is 0 Å². The molecule has 0 radical (unpaired) electrons. The number of aliphatic hydroxyl groups excluding tert-OH is 3. The molecule has 0 aromatic heterocycles. The molecule has 2 saturated heterocycles. The fraction of sp³-hybridized carbons (Fsp3) is 0.900. The van der Waals surface area contributed by atoms with Crippen molar-refractivity contribution in [1.82, 2.24) is 5.32 Å². The number of thioether (sulfide) groups is 1. The highest BCUT2D eigenvalue weighted by Gasteiger charge is 2.50. The molecule has 0 aliphatic carbocycles. The van der Waals surface area contributed by atoms with Crippen LogP contribution in [0.5, 0.6) is 0 Å².